The van der Waals surface area contributed by atoms with E-state index in [-0.39, 0.29) is 0 Å². The summed E-state index contributed by atoms with van der Waals surface area (Å²) in [7, 11) is 0. The van der Waals surface area contributed by atoms with Crippen molar-refractivity contribution in [1.29, 1.82) is 0 Å². The van der Waals surface area contributed by atoms with Gasteiger partial charge in [0.25, 0.3) is 0 Å². The van der Waals surface area contributed by atoms with Gasteiger partial charge in [-0.3, -0.25) is 0 Å². The van der Waals surface area contributed by atoms with Crippen molar-refractivity contribution in [2.75, 3.05) is 12.1 Å². The average molecular weight is 167 g/mol. The minimum absolute atomic E-state index is 0.651. The summed E-state index contributed by atoms with van der Waals surface area (Å²) in [5.41, 5.74) is 0.658. The Morgan fingerprint density at radius 3 is 2.29 bits per heavy atom. The molecule has 7 heavy (non-hydrogen) atoms. The van der Waals surface area contributed by atoms with Gasteiger partial charge < -0.3 is 4.74 Å². The van der Waals surface area contributed by atoms with Crippen LogP contribution in [0.3, 0.4) is 0 Å². The summed E-state index contributed by atoms with van der Waals surface area (Å²) in [5.74, 6) is 0.651. The van der Waals surface area contributed by atoms with Crippen molar-refractivity contribution in [3.8, 4) is 0 Å². The second-order valence-corrected chi connectivity index (χ2v) is 2.33. The highest BCUT2D eigenvalue weighted by Gasteiger charge is 1.88. The van der Waals surface area contributed by atoms with Crippen molar-refractivity contribution in [2.24, 2.45) is 5.92 Å². The molecule has 0 atom stereocenters. The molecule has 0 amide bonds. The first-order chi connectivity index (χ1) is 3.27. The zero-order valence-electron chi connectivity index (χ0n) is 4.78. The molecule has 0 aromatic rings. The zero-order chi connectivity index (χ0) is 5.70. The Balaban J connectivity index is 2.68. The van der Waals surface area contributed by atoms with Gasteiger partial charge >= 0.3 is 0 Å². The van der Waals surface area contributed by atoms with Crippen LogP contribution in [0.4, 0.5) is 0 Å². The lowest BCUT2D eigenvalue weighted by Gasteiger charge is -2.00. The van der Waals surface area contributed by atoms with Crippen LogP contribution in [0.2, 0.25) is 0 Å². The van der Waals surface area contributed by atoms with Crippen molar-refractivity contribution in [3.05, 3.63) is 0 Å². The third-order valence-corrected chi connectivity index (χ3v) is 0.852. The molecule has 0 aromatic heterocycles. The highest BCUT2D eigenvalue weighted by atomic mass is 79.9. The highest BCUT2D eigenvalue weighted by molar-refractivity contribution is 9.09. The summed E-state index contributed by atoms with van der Waals surface area (Å²) in [5, 5.41) is 0. The second kappa shape index (κ2) is 4.60. The summed E-state index contributed by atoms with van der Waals surface area (Å²) in [6.45, 7) is 5.11. The lowest BCUT2D eigenvalue weighted by atomic mass is 10.2. The Morgan fingerprint density at radius 2 is 2.14 bits per heavy atom. The van der Waals surface area contributed by atoms with Gasteiger partial charge in [-0.15, -0.1) is 0 Å². The molecule has 0 N–H and O–H groups in total. The zero-order valence-corrected chi connectivity index (χ0v) is 6.36. The molecular formula is C5H11BrO. The molecule has 0 saturated carbocycles. The fraction of sp³-hybridized carbons (Fsp3) is 1.00. The maximum Gasteiger partial charge on any atom is 0.102 e. The standard InChI is InChI=1S/C5H11BrO/c1-5(2)3-7-4-6/h5H,3-4H2,1-2H3. The van der Waals surface area contributed by atoms with Crippen molar-refractivity contribution in [3.63, 3.8) is 0 Å². The molecule has 0 saturated heterocycles. The summed E-state index contributed by atoms with van der Waals surface area (Å²) < 4.78 is 5.01. The van der Waals surface area contributed by atoms with Crippen LogP contribution in [0.15, 0.2) is 0 Å². The molecule has 0 spiro atoms. The van der Waals surface area contributed by atoms with E-state index in [1.165, 1.54) is 0 Å². The monoisotopic (exact) mass is 166 g/mol. The lowest BCUT2D eigenvalue weighted by molar-refractivity contribution is 0.156. The minimum Gasteiger partial charge on any atom is -0.370 e. The molecule has 0 aliphatic rings. The first-order valence-corrected chi connectivity index (χ1v) is 3.53. The molecule has 0 fully saturated rings. The van der Waals surface area contributed by atoms with Gasteiger partial charge in [0, 0.05) is 0 Å². The van der Waals surface area contributed by atoms with Gasteiger partial charge in [0.2, 0.25) is 0 Å². The Morgan fingerprint density at radius 1 is 1.57 bits per heavy atom. The number of hydrogen-bond acceptors (Lipinski definition) is 1. The van der Waals surface area contributed by atoms with Gasteiger partial charge in [0.05, 0.1) is 6.61 Å². The molecule has 0 aliphatic carbocycles. The van der Waals surface area contributed by atoms with Gasteiger partial charge in [-0.2, -0.15) is 0 Å². The van der Waals surface area contributed by atoms with Crippen LogP contribution < -0.4 is 0 Å². The molecule has 1 nitrogen and oxygen atoms in total. The summed E-state index contributed by atoms with van der Waals surface area (Å²) in [6, 6.07) is 0. The smallest absolute Gasteiger partial charge is 0.102 e. The van der Waals surface area contributed by atoms with Gasteiger partial charge in [-0.05, 0) is 5.92 Å². The van der Waals surface area contributed by atoms with E-state index in [0.29, 0.717) is 11.4 Å². The Kier molecular flexibility index (Phi) is 4.88. The lowest BCUT2D eigenvalue weighted by Crippen LogP contribution is -1.98. The molecule has 0 rings (SSSR count). The molecule has 44 valence electrons. The third-order valence-electron chi connectivity index (χ3n) is 0.528. The highest BCUT2D eigenvalue weighted by Crippen LogP contribution is 1.92. The van der Waals surface area contributed by atoms with Gasteiger partial charge in [0.15, 0.2) is 0 Å². The molecule has 0 bridgehead atoms. The fourth-order valence-corrected chi connectivity index (χ4v) is 0.467. The van der Waals surface area contributed by atoms with E-state index in [1.807, 2.05) is 0 Å². The summed E-state index contributed by atoms with van der Waals surface area (Å²) >= 11 is 3.16. The molecule has 0 radical (unpaired) electrons. The van der Waals surface area contributed by atoms with Crippen molar-refractivity contribution in [1.82, 2.24) is 0 Å². The average Bonchev–Trinajstić information content (AvgIpc) is 1.61. The molecule has 0 aromatic carbocycles. The van der Waals surface area contributed by atoms with Crippen LogP contribution in [0.25, 0.3) is 0 Å². The first-order valence-electron chi connectivity index (χ1n) is 2.41. The number of ether oxygens (including phenoxy) is 1. The van der Waals surface area contributed by atoms with Crippen LogP contribution in [-0.2, 0) is 4.74 Å². The predicted octanol–water partition coefficient (Wildman–Crippen LogP) is 2.01. The molecular weight excluding hydrogens is 156 g/mol. The van der Waals surface area contributed by atoms with E-state index in [4.69, 9.17) is 4.74 Å². The number of halogens is 1. The number of hydrogen-bond donors (Lipinski definition) is 0. The third kappa shape index (κ3) is 6.44. The normalized spacial score (nSPS) is 10.3. The summed E-state index contributed by atoms with van der Waals surface area (Å²) in [4.78, 5) is 0. The minimum atomic E-state index is 0.651. The molecule has 0 aliphatic heterocycles. The second-order valence-electron chi connectivity index (χ2n) is 1.87. The quantitative estimate of drug-likeness (QED) is 0.584. The van der Waals surface area contributed by atoms with Crippen molar-refractivity contribution < 1.29 is 4.74 Å². The maximum absolute atomic E-state index is 5.01. The fourth-order valence-electron chi connectivity index (χ4n) is 0.280. The summed E-state index contributed by atoms with van der Waals surface area (Å²) in [6.07, 6.45) is 0. The largest absolute Gasteiger partial charge is 0.370 e. The molecule has 0 heterocycles. The van der Waals surface area contributed by atoms with Gasteiger partial charge in [-0.1, -0.05) is 29.8 Å². The van der Waals surface area contributed by atoms with Crippen LogP contribution in [0.1, 0.15) is 13.8 Å². The van der Waals surface area contributed by atoms with Crippen molar-refractivity contribution >= 4 is 15.9 Å². The SMILES string of the molecule is CC(C)COCBr. The maximum atomic E-state index is 5.01. The van der Waals surface area contributed by atoms with Crippen molar-refractivity contribution in [2.45, 2.75) is 13.8 Å². The van der Waals surface area contributed by atoms with E-state index >= 15 is 0 Å². The Bertz CT molecular complexity index is 37.1. The predicted molar refractivity (Wildman–Crippen MR) is 34.6 cm³/mol. The van der Waals surface area contributed by atoms with E-state index in [0.717, 1.165) is 6.61 Å². The van der Waals surface area contributed by atoms with Gasteiger partial charge in [-0.25, -0.2) is 0 Å². The van der Waals surface area contributed by atoms with E-state index in [2.05, 4.69) is 29.8 Å². The van der Waals surface area contributed by atoms with Gasteiger partial charge in [0.1, 0.15) is 5.52 Å². The van der Waals surface area contributed by atoms with E-state index in [1.54, 1.807) is 0 Å². The van der Waals surface area contributed by atoms with E-state index in [9.17, 15) is 0 Å². The topological polar surface area (TPSA) is 9.23 Å². The molecule has 2 heteroatoms. The van der Waals surface area contributed by atoms with Crippen LogP contribution in [-0.4, -0.2) is 12.1 Å². The van der Waals surface area contributed by atoms with E-state index < -0.39 is 0 Å². The van der Waals surface area contributed by atoms with Crippen LogP contribution in [0, 0.1) is 5.92 Å². The number of alkyl halides is 1. The Labute approximate surface area is 53.2 Å². The first kappa shape index (κ1) is 7.44. The number of rotatable bonds is 3. The Hall–Kier alpha value is 0.440. The van der Waals surface area contributed by atoms with Crippen LogP contribution >= 0.6 is 15.9 Å². The molecule has 0 unspecified atom stereocenters. The van der Waals surface area contributed by atoms with Crippen LogP contribution in [0.5, 0.6) is 0 Å².